The molecule has 94 valence electrons. The summed E-state index contributed by atoms with van der Waals surface area (Å²) >= 11 is 1.33. The molecule has 2 rings (SSSR count). The van der Waals surface area contributed by atoms with Crippen LogP contribution < -0.4 is 5.32 Å². The Morgan fingerprint density at radius 3 is 2.94 bits per heavy atom. The van der Waals surface area contributed by atoms with E-state index >= 15 is 0 Å². The number of aryl methyl sites for hydroxylation is 1. The second-order valence-electron chi connectivity index (χ2n) is 3.66. The van der Waals surface area contributed by atoms with E-state index in [-0.39, 0.29) is 12.5 Å². The lowest BCUT2D eigenvalue weighted by Gasteiger charge is -2.05. The van der Waals surface area contributed by atoms with Gasteiger partial charge in [0.05, 0.1) is 5.69 Å². The Morgan fingerprint density at radius 1 is 1.56 bits per heavy atom. The summed E-state index contributed by atoms with van der Waals surface area (Å²) in [6, 6.07) is 3.20. The number of hydrogen-bond acceptors (Lipinski definition) is 4. The lowest BCUT2D eigenvalue weighted by Crippen LogP contribution is -2.19. The van der Waals surface area contributed by atoms with Gasteiger partial charge in [0, 0.05) is 11.6 Å². The van der Waals surface area contributed by atoms with Crippen molar-refractivity contribution < 1.29 is 14.7 Å². The largest absolute Gasteiger partial charge is 0.480 e. The minimum atomic E-state index is -0.995. The van der Waals surface area contributed by atoms with Gasteiger partial charge < -0.3 is 9.67 Å². The standard InChI is InChI=1S/C11H11N3O3S/c1-7-6-18-11(12-7)13-10(17)8-3-2-4-14(8)5-9(15)16/h2-4,6H,5H2,1H3,(H,15,16)(H,12,13,17). The number of nitrogens with zero attached hydrogens (tertiary/aromatic N) is 2. The molecule has 1 amide bonds. The highest BCUT2D eigenvalue weighted by Gasteiger charge is 2.13. The molecule has 2 heterocycles. The number of nitrogens with one attached hydrogen (secondary N) is 1. The van der Waals surface area contributed by atoms with E-state index in [9.17, 15) is 9.59 Å². The Labute approximate surface area is 107 Å². The number of amides is 1. The number of carbonyl (C=O) groups is 2. The number of aromatic nitrogens is 2. The molecular formula is C11H11N3O3S. The first-order valence-corrected chi connectivity index (χ1v) is 6.04. The van der Waals surface area contributed by atoms with E-state index in [0.717, 1.165) is 5.69 Å². The Hall–Kier alpha value is -2.15. The summed E-state index contributed by atoms with van der Waals surface area (Å²) in [6.07, 6.45) is 1.55. The smallest absolute Gasteiger partial charge is 0.323 e. The highest BCUT2D eigenvalue weighted by atomic mass is 32.1. The first-order chi connectivity index (χ1) is 8.56. The number of anilines is 1. The van der Waals surface area contributed by atoms with Crippen molar-refractivity contribution in [1.29, 1.82) is 0 Å². The Balaban J connectivity index is 2.14. The highest BCUT2D eigenvalue weighted by molar-refractivity contribution is 7.13. The molecule has 2 N–H and O–H groups in total. The maximum atomic E-state index is 11.9. The van der Waals surface area contributed by atoms with Crippen LogP contribution in [0.1, 0.15) is 16.2 Å². The SMILES string of the molecule is Cc1csc(NC(=O)c2cccn2CC(=O)O)n1. The third-order valence-corrected chi connectivity index (χ3v) is 3.08. The van der Waals surface area contributed by atoms with E-state index in [4.69, 9.17) is 5.11 Å². The van der Waals surface area contributed by atoms with Crippen molar-refractivity contribution in [2.75, 3.05) is 5.32 Å². The van der Waals surface area contributed by atoms with E-state index in [1.54, 1.807) is 18.3 Å². The molecule has 0 radical (unpaired) electrons. The van der Waals surface area contributed by atoms with Crippen molar-refractivity contribution in [1.82, 2.24) is 9.55 Å². The van der Waals surface area contributed by atoms with Gasteiger partial charge in [-0.3, -0.25) is 14.9 Å². The zero-order chi connectivity index (χ0) is 13.1. The van der Waals surface area contributed by atoms with Crippen molar-refractivity contribution >= 4 is 28.3 Å². The summed E-state index contributed by atoms with van der Waals surface area (Å²) in [7, 11) is 0. The molecule has 0 spiro atoms. The molecule has 0 aromatic carbocycles. The molecule has 0 aliphatic heterocycles. The van der Waals surface area contributed by atoms with Crippen molar-refractivity contribution in [3.05, 3.63) is 35.1 Å². The fourth-order valence-corrected chi connectivity index (χ4v) is 2.16. The second-order valence-corrected chi connectivity index (χ2v) is 4.52. The first kappa shape index (κ1) is 12.3. The summed E-state index contributed by atoms with van der Waals surface area (Å²) in [5.74, 6) is -1.36. The van der Waals surface area contributed by atoms with Gasteiger partial charge in [-0.05, 0) is 19.1 Å². The molecule has 2 aromatic heterocycles. The van der Waals surface area contributed by atoms with Gasteiger partial charge in [0.2, 0.25) is 0 Å². The average Bonchev–Trinajstić information content (AvgIpc) is 2.87. The summed E-state index contributed by atoms with van der Waals surface area (Å²) in [5.41, 5.74) is 1.13. The topological polar surface area (TPSA) is 84.2 Å². The minimum absolute atomic E-state index is 0.243. The highest BCUT2D eigenvalue weighted by Crippen LogP contribution is 2.15. The van der Waals surface area contributed by atoms with Gasteiger partial charge in [0.1, 0.15) is 12.2 Å². The summed E-state index contributed by atoms with van der Waals surface area (Å²) in [5, 5.41) is 13.7. The van der Waals surface area contributed by atoms with Crippen molar-refractivity contribution in [3.8, 4) is 0 Å². The fraction of sp³-hybridized carbons (Fsp3) is 0.182. The first-order valence-electron chi connectivity index (χ1n) is 5.16. The molecule has 7 heteroatoms. The average molecular weight is 265 g/mol. The number of carboxylic acids is 1. The predicted octanol–water partition coefficient (Wildman–Crippen LogP) is 1.59. The number of thiazole rings is 1. The number of hydrogen-bond donors (Lipinski definition) is 2. The van der Waals surface area contributed by atoms with Gasteiger partial charge in [0.15, 0.2) is 5.13 Å². The number of rotatable bonds is 4. The van der Waals surface area contributed by atoms with Crippen LogP contribution in [0.5, 0.6) is 0 Å². The van der Waals surface area contributed by atoms with E-state index in [1.165, 1.54) is 15.9 Å². The molecule has 18 heavy (non-hydrogen) atoms. The third-order valence-electron chi connectivity index (χ3n) is 2.21. The van der Waals surface area contributed by atoms with Gasteiger partial charge in [-0.2, -0.15) is 0 Å². The molecule has 0 bridgehead atoms. The fourth-order valence-electron chi connectivity index (χ4n) is 1.48. The second kappa shape index (κ2) is 5.01. The van der Waals surface area contributed by atoms with E-state index < -0.39 is 5.97 Å². The van der Waals surface area contributed by atoms with Crippen molar-refractivity contribution in [2.24, 2.45) is 0 Å². The molecule has 2 aromatic rings. The van der Waals surface area contributed by atoms with Gasteiger partial charge in [-0.15, -0.1) is 11.3 Å². The van der Waals surface area contributed by atoms with Gasteiger partial charge in [0.25, 0.3) is 5.91 Å². The number of carboxylic acid groups (broad SMARTS) is 1. The molecule has 0 saturated heterocycles. The molecule has 0 atom stereocenters. The molecule has 0 saturated carbocycles. The maximum Gasteiger partial charge on any atom is 0.323 e. The van der Waals surface area contributed by atoms with Gasteiger partial charge >= 0.3 is 5.97 Å². The van der Waals surface area contributed by atoms with Crippen molar-refractivity contribution in [2.45, 2.75) is 13.5 Å². The van der Waals surface area contributed by atoms with E-state index in [1.807, 2.05) is 12.3 Å². The normalized spacial score (nSPS) is 10.3. The van der Waals surface area contributed by atoms with Crippen LogP contribution in [0.4, 0.5) is 5.13 Å². The van der Waals surface area contributed by atoms with Crippen LogP contribution in [-0.2, 0) is 11.3 Å². The van der Waals surface area contributed by atoms with Crippen LogP contribution in [-0.4, -0.2) is 26.5 Å². The zero-order valence-corrected chi connectivity index (χ0v) is 10.4. The Kier molecular flexibility index (Phi) is 3.42. The lowest BCUT2D eigenvalue weighted by atomic mass is 10.4. The van der Waals surface area contributed by atoms with E-state index in [2.05, 4.69) is 10.3 Å². The van der Waals surface area contributed by atoms with Crippen LogP contribution in [0.3, 0.4) is 0 Å². The van der Waals surface area contributed by atoms with Crippen molar-refractivity contribution in [3.63, 3.8) is 0 Å². The minimum Gasteiger partial charge on any atom is -0.480 e. The van der Waals surface area contributed by atoms with Gasteiger partial charge in [-0.25, -0.2) is 4.98 Å². The third kappa shape index (κ3) is 2.75. The van der Waals surface area contributed by atoms with Crippen LogP contribution in [0.25, 0.3) is 0 Å². The quantitative estimate of drug-likeness (QED) is 0.879. The van der Waals surface area contributed by atoms with Crippen LogP contribution in [0.15, 0.2) is 23.7 Å². The molecular weight excluding hydrogens is 254 g/mol. The monoisotopic (exact) mass is 265 g/mol. The Morgan fingerprint density at radius 2 is 2.33 bits per heavy atom. The molecule has 0 fully saturated rings. The summed E-state index contributed by atoms with van der Waals surface area (Å²) < 4.78 is 1.37. The zero-order valence-electron chi connectivity index (χ0n) is 9.58. The maximum absolute atomic E-state index is 11.9. The Bertz CT molecular complexity index is 588. The summed E-state index contributed by atoms with van der Waals surface area (Å²) in [6.45, 7) is 1.59. The number of aliphatic carboxylic acids is 1. The molecule has 6 nitrogen and oxygen atoms in total. The summed E-state index contributed by atoms with van der Waals surface area (Å²) in [4.78, 5) is 26.7. The van der Waals surface area contributed by atoms with E-state index in [0.29, 0.717) is 10.8 Å². The van der Waals surface area contributed by atoms with Gasteiger partial charge in [-0.1, -0.05) is 0 Å². The van der Waals surface area contributed by atoms with Crippen LogP contribution in [0.2, 0.25) is 0 Å². The number of carbonyl (C=O) groups excluding carboxylic acids is 1. The molecule has 0 aliphatic carbocycles. The van der Waals surface area contributed by atoms with Crippen LogP contribution >= 0.6 is 11.3 Å². The van der Waals surface area contributed by atoms with Crippen LogP contribution in [0, 0.1) is 6.92 Å². The molecule has 0 unspecified atom stereocenters. The predicted molar refractivity (Wildman–Crippen MR) is 66.9 cm³/mol. The lowest BCUT2D eigenvalue weighted by molar-refractivity contribution is -0.137. The molecule has 0 aliphatic rings.